The largest absolute Gasteiger partial charge is 0.291 e. The number of carbonyl (C=O) groups is 2. The third-order valence-electron chi connectivity index (χ3n) is 1.81. The van der Waals surface area contributed by atoms with E-state index in [1.165, 1.54) is 6.20 Å². The number of pyridine rings is 1. The van der Waals surface area contributed by atoms with Gasteiger partial charge in [0.1, 0.15) is 5.69 Å². The van der Waals surface area contributed by atoms with E-state index < -0.39 is 11.3 Å². The highest BCUT2D eigenvalue weighted by atomic mass is 16.2. The Kier molecular flexibility index (Phi) is 3.19. The molecule has 0 aliphatic carbocycles. The van der Waals surface area contributed by atoms with Gasteiger partial charge in [-0.25, -0.2) is 0 Å². The number of imide groups is 1. The van der Waals surface area contributed by atoms with E-state index in [2.05, 4.69) is 10.3 Å². The molecule has 1 aromatic rings. The van der Waals surface area contributed by atoms with Crippen molar-refractivity contribution in [1.29, 1.82) is 0 Å². The van der Waals surface area contributed by atoms with Gasteiger partial charge in [-0.05, 0) is 12.1 Å². The van der Waals surface area contributed by atoms with Crippen molar-refractivity contribution < 1.29 is 9.59 Å². The van der Waals surface area contributed by atoms with E-state index in [-0.39, 0.29) is 11.6 Å². The normalized spacial score (nSPS) is 10.9. The quantitative estimate of drug-likeness (QED) is 0.755. The molecule has 0 fully saturated rings. The summed E-state index contributed by atoms with van der Waals surface area (Å²) in [6.45, 7) is 5.23. The summed E-state index contributed by atoms with van der Waals surface area (Å²) in [6, 6.07) is 4.97. The average molecular weight is 206 g/mol. The highest BCUT2D eigenvalue weighted by molar-refractivity contribution is 6.04. The molecular formula is C11H14N2O2. The number of hydrogen-bond acceptors (Lipinski definition) is 3. The molecule has 1 rings (SSSR count). The lowest BCUT2D eigenvalue weighted by Gasteiger charge is -2.16. The molecule has 15 heavy (non-hydrogen) atoms. The van der Waals surface area contributed by atoms with Crippen LogP contribution in [0.15, 0.2) is 24.4 Å². The van der Waals surface area contributed by atoms with Crippen LogP contribution in [0.25, 0.3) is 0 Å². The lowest BCUT2D eigenvalue weighted by atomic mass is 9.96. The molecule has 4 nitrogen and oxygen atoms in total. The molecule has 80 valence electrons. The zero-order valence-corrected chi connectivity index (χ0v) is 9.07. The summed E-state index contributed by atoms with van der Waals surface area (Å²) < 4.78 is 0. The van der Waals surface area contributed by atoms with Crippen LogP contribution in [0.4, 0.5) is 0 Å². The van der Waals surface area contributed by atoms with Gasteiger partial charge in [-0.3, -0.25) is 19.9 Å². The minimum absolute atomic E-state index is 0.245. The molecule has 0 saturated heterocycles. The van der Waals surface area contributed by atoms with Gasteiger partial charge in [0, 0.05) is 11.6 Å². The van der Waals surface area contributed by atoms with Gasteiger partial charge in [0.25, 0.3) is 5.91 Å². The monoisotopic (exact) mass is 206 g/mol. The van der Waals surface area contributed by atoms with Crippen molar-refractivity contribution in [1.82, 2.24) is 10.3 Å². The van der Waals surface area contributed by atoms with Gasteiger partial charge in [0.15, 0.2) is 0 Å². The summed E-state index contributed by atoms with van der Waals surface area (Å²) in [5.41, 5.74) is -0.333. The summed E-state index contributed by atoms with van der Waals surface area (Å²) in [7, 11) is 0. The van der Waals surface area contributed by atoms with E-state index in [4.69, 9.17) is 0 Å². The molecule has 0 unspecified atom stereocenters. The molecule has 1 N–H and O–H groups in total. The third-order valence-corrected chi connectivity index (χ3v) is 1.81. The fourth-order valence-corrected chi connectivity index (χ4v) is 0.852. The van der Waals surface area contributed by atoms with Gasteiger partial charge in [-0.15, -0.1) is 0 Å². The van der Waals surface area contributed by atoms with Gasteiger partial charge < -0.3 is 0 Å². The molecule has 0 spiro atoms. The molecule has 0 bridgehead atoms. The van der Waals surface area contributed by atoms with Gasteiger partial charge in [-0.2, -0.15) is 0 Å². The van der Waals surface area contributed by atoms with Crippen molar-refractivity contribution in [3.63, 3.8) is 0 Å². The number of nitrogens with zero attached hydrogens (tertiary/aromatic N) is 1. The number of rotatable bonds is 1. The predicted molar refractivity (Wildman–Crippen MR) is 56.2 cm³/mol. The van der Waals surface area contributed by atoms with Gasteiger partial charge in [0.2, 0.25) is 5.91 Å². The van der Waals surface area contributed by atoms with Crippen LogP contribution in [0, 0.1) is 5.41 Å². The molecule has 1 heterocycles. The minimum atomic E-state index is -0.579. The van der Waals surface area contributed by atoms with Gasteiger partial charge in [-0.1, -0.05) is 26.8 Å². The van der Waals surface area contributed by atoms with Crippen LogP contribution in [0.1, 0.15) is 31.3 Å². The van der Waals surface area contributed by atoms with Crippen molar-refractivity contribution in [2.45, 2.75) is 20.8 Å². The maximum atomic E-state index is 11.5. The van der Waals surface area contributed by atoms with E-state index in [0.717, 1.165) is 0 Å². The third kappa shape index (κ3) is 3.16. The average Bonchev–Trinajstić information content (AvgIpc) is 2.17. The molecule has 0 aromatic carbocycles. The Balaban J connectivity index is 2.70. The van der Waals surface area contributed by atoms with Crippen molar-refractivity contribution >= 4 is 11.8 Å². The van der Waals surface area contributed by atoms with E-state index in [9.17, 15) is 9.59 Å². The zero-order valence-electron chi connectivity index (χ0n) is 9.07. The maximum Gasteiger partial charge on any atom is 0.276 e. The Bertz CT molecular complexity index is 366. The van der Waals surface area contributed by atoms with Gasteiger partial charge >= 0.3 is 0 Å². The second-order valence-corrected chi connectivity index (χ2v) is 4.25. The molecule has 0 aliphatic heterocycles. The van der Waals surface area contributed by atoms with Crippen LogP contribution < -0.4 is 5.32 Å². The van der Waals surface area contributed by atoms with Crippen LogP contribution in [0.5, 0.6) is 0 Å². The smallest absolute Gasteiger partial charge is 0.276 e. The number of carbonyl (C=O) groups excluding carboxylic acids is 2. The molecule has 0 radical (unpaired) electrons. The highest BCUT2D eigenvalue weighted by Gasteiger charge is 2.23. The summed E-state index contributed by atoms with van der Waals surface area (Å²) in [4.78, 5) is 26.8. The van der Waals surface area contributed by atoms with Crippen LogP contribution in [-0.4, -0.2) is 16.8 Å². The van der Waals surface area contributed by atoms with Crippen molar-refractivity contribution in [2.24, 2.45) is 5.41 Å². The standard InChI is InChI=1S/C11H14N2O2/c1-11(2,3)10(15)13-9(14)8-6-4-5-7-12-8/h4-7H,1-3H3,(H,13,14,15). The number of aromatic nitrogens is 1. The summed E-state index contributed by atoms with van der Waals surface area (Å²) >= 11 is 0. The molecule has 4 heteroatoms. The lowest BCUT2D eigenvalue weighted by molar-refractivity contribution is -0.127. The van der Waals surface area contributed by atoms with Crippen LogP contribution >= 0.6 is 0 Å². The first kappa shape index (κ1) is 11.4. The Morgan fingerprint density at radius 1 is 1.27 bits per heavy atom. The Hall–Kier alpha value is -1.71. The van der Waals surface area contributed by atoms with E-state index in [1.54, 1.807) is 39.0 Å². The van der Waals surface area contributed by atoms with Crippen molar-refractivity contribution in [3.8, 4) is 0 Å². The minimum Gasteiger partial charge on any atom is -0.291 e. The number of hydrogen-bond donors (Lipinski definition) is 1. The lowest BCUT2D eigenvalue weighted by Crippen LogP contribution is -2.39. The van der Waals surface area contributed by atoms with Crippen LogP contribution in [0.3, 0.4) is 0 Å². The Morgan fingerprint density at radius 2 is 1.93 bits per heavy atom. The topological polar surface area (TPSA) is 59.1 Å². The molecule has 1 aromatic heterocycles. The Labute approximate surface area is 88.7 Å². The maximum absolute atomic E-state index is 11.5. The number of amides is 2. The first-order valence-corrected chi connectivity index (χ1v) is 4.68. The molecular weight excluding hydrogens is 192 g/mol. The van der Waals surface area contributed by atoms with Gasteiger partial charge in [0.05, 0.1) is 0 Å². The second kappa shape index (κ2) is 4.21. The van der Waals surface area contributed by atoms with Crippen LogP contribution in [0.2, 0.25) is 0 Å². The van der Waals surface area contributed by atoms with E-state index >= 15 is 0 Å². The van der Waals surface area contributed by atoms with E-state index in [0.29, 0.717) is 0 Å². The zero-order chi connectivity index (χ0) is 11.5. The second-order valence-electron chi connectivity index (χ2n) is 4.25. The molecule has 0 atom stereocenters. The molecule has 0 aliphatic rings. The first-order chi connectivity index (χ1) is 6.91. The van der Waals surface area contributed by atoms with Crippen LogP contribution in [-0.2, 0) is 4.79 Å². The fourth-order valence-electron chi connectivity index (χ4n) is 0.852. The number of nitrogens with one attached hydrogen (secondary N) is 1. The van der Waals surface area contributed by atoms with Crippen molar-refractivity contribution in [2.75, 3.05) is 0 Å². The van der Waals surface area contributed by atoms with Crippen molar-refractivity contribution in [3.05, 3.63) is 30.1 Å². The summed E-state index contributed by atoms with van der Waals surface area (Å²) in [6.07, 6.45) is 1.51. The first-order valence-electron chi connectivity index (χ1n) is 4.68. The molecule has 0 saturated carbocycles. The SMILES string of the molecule is CC(C)(C)C(=O)NC(=O)c1ccccn1. The Morgan fingerprint density at radius 3 is 2.40 bits per heavy atom. The highest BCUT2D eigenvalue weighted by Crippen LogP contribution is 2.12. The fraction of sp³-hybridized carbons (Fsp3) is 0.364. The molecule has 2 amide bonds. The summed E-state index contributed by atoms with van der Waals surface area (Å²) in [5, 5.41) is 2.30. The summed E-state index contributed by atoms with van der Waals surface area (Å²) in [5.74, 6) is -0.770. The van der Waals surface area contributed by atoms with E-state index in [1.807, 2.05) is 0 Å². The predicted octanol–water partition coefficient (Wildman–Crippen LogP) is 1.38.